The molecule has 2 aromatic heterocycles. The Labute approximate surface area is 142 Å². The SMILES string of the molecule is CCOC(=O)[C@@H](CC)n1nnc2sc(-c3ccccc3)cc2c1=O. The van der Waals surface area contributed by atoms with Gasteiger partial charge in [0, 0.05) is 4.88 Å². The van der Waals surface area contributed by atoms with E-state index in [2.05, 4.69) is 10.3 Å². The van der Waals surface area contributed by atoms with Crippen molar-refractivity contribution in [1.82, 2.24) is 15.0 Å². The molecule has 6 nitrogen and oxygen atoms in total. The van der Waals surface area contributed by atoms with Gasteiger partial charge in [-0.25, -0.2) is 4.79 Å². The summed E-state index contributed by atoms with van der Waals surface area (Å²) in [4.78, 5) is 26.3. The summed E-state index contributed by atoms with van der Waals surface area (Å²) in [5.74, 6) is -0.464. The highest BCUT2D eigenvalue weighted by atomic mass is 32.1. The predicted octanol–water partition coefficient (Wildman–Crippen LogP) is 3.03. The van der Waals surface area contributed by atoms with Gasteiger partial charge in [-0.1, -0.05) is 42.5 Å². The van der Waals surface area contributed by atoms with Crippen LogP contribution in [0.3, 0.4) is 0 Å². The minimum Gasteiger partial charge on any atom is -0.464 e. The first kappa shape index (κ1) is 16.3. The molecule has 3 rings (SSSR count). The topological polar surface area (TPSA) is 74.1 Å². The zero-order valence-electron chi connectivity index (χ0n) is 13.4. The smallest absolute Gasteiger partial charge is 0.331 e. The molecule has 0 aliphatic carbocycles. The minimum absolute atomic E-state index is 0.260. The van der Waals surface area contributed by atoms with Crippen LogP contribution in [0.1, 0.15) is 26.3 Å². The van der Waals surface area contributed by atoms with Crippen LogP contribution < -0.4 is 5.56 Å². The standard InChI is InChI=1S/C17H17N3O3S/c1-3-13(17(22)23-4-2)20-16(21)12-10-14(24-15(12)18-19-20)11-8-6-5-7-9-11/h5-10,13H,3-4H2,1-2H3/t13-/m1/s1. The molecule has 0 saturated carbocycles. The highest BCUT2D eigenvalue weighted by Crippen LogP contribution is 2.30. The molecular formula is C17H17N3O3S. The van der Waals surface area contributed by atoms with Crippen LogP contribution in [0.4, 0.5) is 0 Å². The van der Waals surface area contributed by atoms with Gasteiger partial charge in [0.05, 0.1) is 12.0 Å². The molecule has 0 spiro atoms. The second-order valence-corrected chi connectivity index (χ2v) is 6.24. The Morgan fingerprint density at radius 1 is 1.29 bits per heavy atom. The van der Waals surface area contributed by atoms with E-state index in [1.54, 1.807) is 13.0 Å². The van der Waals surface area contributed by atoms with Gasteiger partial charge in [0.25, 0.3) is 5.56 Å². The van der Waals surface area contributed by atoms with Crippen LogP contribution in [0.2, 0.25) is 0 Å². The van der Waals surface area contributed by atoms with Crippen molar-refractivity contribution in [3.05, 3.63) is 46.8 Å². The minimum atomic E-state index is -0.755. The van der Waals surface area contributed by atoms with Gasteiger partial charge in [-0.05, 0) is 25.0 Å². The van der Waals surface area contributed by atoms with Gasteiger partial charge in [0.1, 0.15) is 0 Å². The van der Waals surface area contributed by atoms with Crippen molar-refractivity contribution in [3.8, 4) is 10.4 Å². The molecule has 24 heavy (non-hydrogen) atoms. The number of thiophene rings is 1. The molecular weight excluding hydrogens is 326 g/mol. The van der Waals surface area contributed by atoms with E-state index in [1.807, 2.05) is 37.3 Å². The van der Waals surface area contributed by atoms with E-state index >= 15 is 0 Å². The lowest BCUT2D eigenvalue weighted by molar-refractivity contribution is -0.147. The largest absolute Gasteiger partial charge is 0.464 e. The number of hydrogen-bond donors (Lipinski definition) is 0. The molecule has 0 amide bonds. The predicted molar refractivity (Wildman–Crippen MR) is 93.1 cm³/mol. The Bertz CT molecular complexity index is 918. The molecule has 0 bridgehead atoms. The number of aromatic nitrogens is 3. The van der Waals surface area contributed by atoms with Crippen molar-refractivity contribution < 1.29 is 9.53 Å². The van der Waals surface area contributed by atoms with Gasteiger partial charge in [-0.15, -0.1) is 16.4 Å². The third-order valence-corrected chi connectivity index (χ3v) is 4.75. The molecule has 7 heteroatoms. The number of rotatable bonds is 5. The van der Waals surface area contributed by atoms with E-state index in [1.165, 1.54) is 11.3 Å². The Balaban J connectivity index is 2.08. The van der Waals surface area contributed by atoms with Crippen molar-refractivity contribution in [1.29, 1.82) is 0 Å². The first-order valence-corrected chi connectivity index (χ1v) is 8.58. The Morgan fingerprint density at radius 3 is 2.71 bits per heavy atom. The van der Waals surface area contributed by atoms with Crippen molar-refractivity contribution in [2.75, 3.05) is 6.61 Å². The Hall–Kier alpha value is -2.54. The lowest BCUT2D eigenvalue weighted by Gasteiger charge is -2.14. The number of fused-ring (bicyclic) bond motifs is 1. The van der Waals surface area contributed by atoms with Crippen molar-refractivity contribution >= 4 is 27.5 Å². The zero-order valence-corrected chi connectivity index (χ0v) is 14.2. The number of carbonyl (C=O) groups excluding carboxylic acids is 1. The summed E-state index contributed by atoms with van der Waals surface area (Å²) in [5, 5.41) is 8.54. The quantitative estimate of drug-likeness (QED) is 0.666. The number of ether oxygens (including phenoxy) is 1. The van der Waals surface area contributed by atoms with Crippen LogP contribution in [0.25, 0.3) is 20.7 Å². The van der Waals surface area contributed by atoms with E-state index in [0.717, 1.165) is 15.1 Å². The number of benzene rings is 1. The first-order chi connectivity index (χ1) is 11.7. The van der Waals surface area contributed by atoms with Crippen LogP contribution in [-0.2, 0) is 9.53 Å². The molecule has 0 aliphatic heterocycles. The number of nitrogens with zero attached hydrogens (tertiary/aromatic N) is 3. The lowest BCUT2D eigenvalue weighted by atomic mass is 10.2. The number of hydrogen-bond acceptors (Lipinski definition) is 6. The fourth-order valence-corrected chi connectivity index (χ4v) is 3.46. The number of carbonyl (C=O) groups is 1. The number of esters is 1. The van der Waals surface area contributed by atoms with Gasteiger partial charge in [0.15, 0.2) is 10.9 Å². The summed E-state index contributed by atoms with van der Waals surface area (Å²) in [7, 11) is 0. The van der Waals surface area contributed by atoms with Crippen molar-refractivity contribution in [2.24, 2.45) is 0 Å². The second-order valence-electron chi connectivity index (χ2n) is 5.21. The normalized spacial score (nSPS) is 12.2. The molecule has 2 heterocycles. The van der Waals surface area contributed by atoms with Crippen LogP contribution in [0.15, 0.2) is 41.2 Å². The summed E-state index contributed by atoms with van der Waals surface area (Å²) >= 11 is 1.41. The molecule has 0 aliphatic rings. The van der Waals surface area contributed by atoms with Crippen molar-refractivity contribution in [2.45, 2.75) is 26.3 Å². The van der Waals surface area contributed by atoms with Crippen LogP contribution >= 0.6 is 11.3 Å². The monoisotopic (exact) mass is 343 g/mol. The lowest BCUT2D eigenvalue weighted by Crippen LogP contribution is -2.33. The van der Waals surface area contributed by atoms with Gasteiger partial charge in [-0.3, -0.25) is 4.79 Å². The summed E-state index contributed by atoms with van der Waals surface area (Å²) in [5.41, 5.74) is 0.696. The summed E-state index contributed by atoms with van der Waals surface area (Å²) in [6.07, 6.45) is 0.411. The average Bonchev–Trinajstić information content (AvgIpc) is 3.04. The van der Waals surface area contributed by atoms with Crippen LogP contribution in [0, 0.1) is 0 Å². The van der Waals surface area contributed by atoms with E-state index in [4.69, 9.17) is 4.74 Å². The molecule has 0 unspecified atom stereocenters. The van der Waals surface area contributed by atoms with E-state index in [-0.39, 0.29) is 12.2 Å². The second kappa shape index (κ2) is 6.92. The van der Waals surface area contributed by atoms with Gasteiger partial charge < -0.3 is 4.74 Å². The maximum Gasteiger partial charge on any atom is 0.331 e. The Morgan fingerprint density at radius 2 is 2.04 bits per heavy atom. The Kier molecular flexibility index (Phi) is 4.71. The molecule has 124 valence electrons. The fourth-order valence-electron chi connectivity index (χ4n) is 2.49. The van der Waals surface area contributed by atoms with E-state index in [9.17, 15) is 9.59 Å². The highest BCUT2D eigenvalue weighted by Gasteiger charge is 2.24. The molecule has 0 radical (unpaired) electrons. The molecule has 0 fully saturated rings. The molecule has 1 atom stereocenters. The molecule has 1 aromatic carbocycles. The third kappa shape index (κ3) is 2.94. The first-order valence-electron chi connectivity index (χ1n) is 7.76. The van der Waals surface area contributed by atoms with Gasteiger partial charge in [0.2, 0.25) is 0 Å². The third-order valence-electron chi connectivity index (χ3n) is 3.68. The molecule has 0 N–H and O–H groups in total. The average molecular weight is 343 g/mol. The maximum absolute atomic E-state index is 12.7. The van der Waals surface area contributed by atoms with Crippen molar-refractivity contribution in [3.63, 3.8) is 0 Å². The van der Waals surface area contributed by atoms with E-state index in [0.29, 0.717) is 16.6 Å². The van der Waals surface area contributed by atoms with Gasteiger partial charge >= 0.3 is 5.97 Å². The van der Waals surface area contributed by atoms with Crippen LogP contribution in [-0.4, -0.2) is 27.6 Å². The fraction of sp³-hybridized carbons (Fsp3) is 0.294. The van der Waals surface area contributed by atoms with Gasteiger partial charge in [-0.2, -0.15) is 4.68 Å². The molecule has 0 saturated heterocycles. The molecule has 3 aromatic rings. The summed E-state index contributed by atoms with van der Waals surface area (Å²) < 4.78 is 6.15. The summed E-state index contributed by atoms with van der Waals surface area (Å²) in [6.45, 7) is 3.80. The highest BCUT2D eigenvalue weighted by molar-refractivity contribution is 7.21. The summed E-state index contributed by atoms with van der Waals surface area (Å²) in [6, 6.07) is 10.8. The zero-order chi connectivity index (χ0) is 17.1. The van der Waals surface area contributed by atoms with Crippen LogP contribution in [0.5, 0.6) is 0 Å². The van der Waals surface area contributed by atoms with E-state index < -0.39 is 12.0 Å². The maximum atomic E-state index is 12.7.